The summed E-state index contributed by atoms with van der Waals surface area (Å²) in [6.45, 7) is 7.59. The van der Waals surface area contributed by atoms with E-state index in [4.69, 9.17) is 4.52 Å². The largest absolute Gasteiger partial charge is 0.359 e. The van der Waals surface area contributed by atoms with Crippen LogP contribution >= 0.6 is 0 Å². The third-order valence-corrected chi connectivity index (χ3v) is 2.05. The minimum atomic E-state index is -0.0805. The number of carbonyl (C=O) groups excluding carboxylic acids is 1. The summed E-state index contributed by atoms with van der Waals surface area (Å²) in [5, 5.41) is 3.83. The zero-order chi connectivity index (χ0) is 10.9. The van der Waals surface area contributed by atoms with Crippen LogP contribution in [0, 0.1) is 0 Å². The maximum absolute atomic E-state index is 11.0. The van der Waals surface area contributed by atoms with Gasteiger partial charge in [-0.05, 0) is 0 Å². The molecule has 0 N–H and O–H groups in total. The van der Waals surface area contributed by atoms with Crippen LogP contribution in [0.15, 0.2) is 10.6 Å². The van der Waals surface area contributed by atoms with Gasteiger partial charge in [0.05, 0.1) is 0 Å². The van der Waals surface area contributed by atoms with Gasteiger partial charge in [-0.25, -0.2) is 0 Å². The second-order valence-electron chi connectivity index (χ2n) is 4.38. The molecule has 0 aliphatic rings. The molecule has 0 atom stereocenters. The van der Waals surface area contributed by atoms with E-state index in [1.165, 1.54) is 11.8 Å². The van der Waals surface area contributed by atoms with Crippen molar-refractivity contribution >= 4 is 11.7 Å². The van der Waals surface area contributed by atoms with Gasteiger partial charge in [0, 0.05) is 25.5 Å². The summed E-state index contributed by atoms with van der Waals surface area (Å²) in [5.41, 5.74) is -0.0805. The van der Waals surface area contributed by atoms with Crippen molar-refractivity contribution in [1.29, 1.82) is 0 Å². The van der Waals surface area contributed by atoms with Crippen molar-refractivity contribution in [2.24, 2.45) is 0 Å². The molecule has 0 fully saturated rings. The second-order valence-corrected chi connectivity index (χ2v) is 4.38. The molecule has 0 saturated heterocycles. The second kappa shape index (κ2) is 3.44. The molecule has 0 bridgehead atoms. The summed E-state index contributed by atoms with van der Waals surface area (Å²) >= 11 is 0. The van der Waals surface area contributed by atoms with Gasteiger partial charge in [-0.1, -0.05) is 25.9 Å². The highest BCUT2D eigenvalue weighted by molar-refractivity contribution is 5.89. The lowest BCUT2D eigenvalue weighted by Gasteiger charge is -2.12. The van der Waals surface area contributed by atoms with Gasteiger partial charge in [0.2, 0.25) is 5.91 Å². The molecule has 0 aliphatic heterocycles. The fraction of sp³-hybridized carbons (Fsp3) is 0.600. The van der Waals surface area contributed by atoms with E-state index in [9.17, 15) is 4.79 Å². The quantitative estimate of drug-likeness (QED) is 0.689. The lowest BCUT2D eigenvalue weighted by molar-refractivity contribution is -0.116. The fourth-order valence-electron chi connectivity index (χ4n) is 0.939. The Bertz CT molecular complexity index is 336. The van der Waals surface area contributed by atoms with E-state index in [1.807, 2.05) is 20.8 Å². The Morgan fingerprint density at radius 2 is 2.07 bits per heavy atom. The summed E-state index contributed by atoms with van der Waals surface area (Å²) in [6.07, 6.45) is 0. The number of amides is 1. The number of rotatable bonds is 1. The number of anilines is 1. The Balaban J connectivity index is 2.94. The maximum Gasteiger partial charge on any atom is 0.224 e. The molecule has 1 heterocycles. The van der Waals surface area contributed by atoms with Gasteiger partial charge in [-0.2, -0.15) is 0 Å². The summed E-state index contributed by atoms with van der Waals surface area (Å²) < 4.78 is 5.16. The van der Waals surface area contributed by atoms with E-state index in [2.05, 4.69) is 5.16 Å². The van der Waals surface area contributed by atoms with Crippen LogP contribution in [0.25, 0.3) is 0 Å². The topological polar surface area (TPSA) is 46.3 Å². The molecule has 0 saturated carbocycles. The summed E-state index contributed by atoms with van der Waals surface area (Å²) in [5.74, 6) is 1.28. The minimum absolute atomic E-state index is 0.0567. The zero-order valence-corrected chi connectivity index (χ0v) is 9.29. The average molecular weight is 196 g/mol. The standard InChI is InChI=1S/C10H16N2O2/c1-7(13)12(5)9-6-8(14-11-9)10(2,3)4/h6H,1-5H3. The average Bonchev–Trinajstić information content (AvgIpc) is 2.49. The number of aromatic nitrogens is 1. The molecule has 0 unspecified atom stereocenters. The van der Waals surface area contributed by atoms with Gasteiger partial charge in [0.15, 0.2) is 5.82 Å². The first-order valence-electron chi connectivity index (χ1n) is 4.54. The number of hydrogen-bond acceptors (Lipinski definition) is 3. The third-order valence-electron chi connectivity index (χ3n) is 2.05. The van der Waals surface area contributed by atoms with Crippen molar-refractivity contribution in [3.63, 3.8) is 0 Å². The highest BCUT2D eigenvalue weighted by Gasteiger charge is 2.21. The fourth-order valence-corrected chi connectivity index (χ4v) is 0.939. The van der Waals surface area contributed by atoms with Crippen molar-refractivity contribution in [1.82, 2.24) is 5.16 Å². The molecule has 4 nitrogen and oxygen atoms in total. The summed E-state index contributed by atoms with van der Waals surface area (Å²) in [4.78, 5) is 12.5. The summed E-state index contributed by atoms with van der Waals surface area (Å²) in [6, 6.07) is 1.79. The van der Waals surface area contributed by atoms with Crippen LogP contribution in [0.1, 0.15) is 33.5 Å². The first kappa shape index (κ1) is 10.8. The van der Waals surface area contributed by atoms with E-state index in [0.717, 1.165) is 5.76 Å². The first-order chi connectivity index (χ1) is 6.32. The number of carbonyl (C=O) groups is 1. The smallest absolute Gasteiger partial charge is 0.224 e. The molecule has 1 amide bonds. The van der Waals surface area contributed by atoms with Gasteiger partial charge in [0.25, 0.3) is 0 Å². The molecule has 0 radical (unpaired) electrons. The Kier molecular flexibility index (Phi) is 2.64. The van der Waals surface area contributed by atoms with Crippen LogP contribution in [0.4, 0.5) is 5.82 Å². The van der Waals surface area contributed by atoms with Crippen LogP contribution in [-0.2, 0) is 10.2 Å². The number of hydrogen-bond donors (Lipinski definition) is 0. The van der Waals surface area contributed by atoms with E-state index >= 15 is 0 Å². The molecule has 0 spiro atoms. The predicted molar refractivity (Wildman–Crippen MR) is 54.3 cm³/mol. The van der Waals surface area contributed by atoms with Gasteiger partial charge in [0.1, 0.15) is 5.76 Å². The van der Waals surface area contributed by atoms with Crippen LogP contribution in [0.2, 0.25) is 0 Å². The van der Waals surface area contributed by atoms with E-state index in [-0.39, 0.29) is 11.3 Å². The van der Waals surface area contributed by atoms with Crippen molar-refractivity contribution in [2.75, 3.05) is 11.9 Å². The first-order valence-corrected chi connectivity index (χ1v) is 4.54. The molecule has 1 aromatic rings. The van der Waals surface area contributed by atoms with Crippen molar-refractivity contribution in [2.45, 2.75) is 33.1 Å². The highest BCUT2D eigenvalue weighted by atomic mass is 16.5. The third kappa shape index (κ3) is 2.13. The van der Waals surface area contributed by atoms with Crippen molar-refractivity contribution in [3.05, 3.63) is 11.8 Å². The normalized spacial score (nSPS) is 11.5. The molecule has 0 aliphatic carbocycles. The Morgan fingerprint density at radius 1 is 1.50 bits per heavy atom. The van der Waals surface area contributed by atoms with Gasteiger partial charge < -0.3 is 4.52 Å². The lowest BCUT2D eigenvalue weighted by Crippen LogP contribution is -2.23. The molecular weight excluding hydrogens is 180 g/mol. The van der Waals surface area contributed by atoms with E-state index in [0.29, 0.717) is 5.82 Å². The zero-order valence-electron chi connectivity index (χ0n) is 9.29. The van der Waals surface area contributed by atoms with Gasteiger partial charge >= 0.3 is 0 Å². The molecule has 4 heteroatoms. The molecule has 78 valence electrons. The van der Waals surface area contributed by atoms with Crippen LogP contribution in [-0.4, -0.2) is 18.1 Å². The Morgan fingerprint density at radius 3 is 2.43 bits per heavy atom. The van der Waals surface area contributed by atoms with E-state index in [1.54, 1.807) is 13.1 Å². The molecule has 1 rings (SSSR count). The minimum Gasteiger partial charge on any atom is -0.359 e. The van der Waals surface area contributed by atoms with E-state index < -0.39 is 0 Å². The molecule has 14 heavy (non-hydrogen) atoms. The van der Waals surface area contributed by atoms with Crippen LogP contribution < -0.4 is 4.90 Å². The Labute approximate surface area is 83.9 Å². The SMILES string of the molecule is CC(=O)N(C)c1cc(C(C)(C)C)on1. The molecule has 1 aromatic heterocycles. The maximum atomic E-state index is 11.0. The lowest BCUT2D eigenvalue weighted by atomic mass is 9.93. The number of nitrogens with zero attached hydrogens (tertiary/aromatic N) is 2. The van der Waals surface area contributed by atoms with Crippen molar-refractivity contribution in [3.8, 4) is 0 Å². The van der Waals surface area contributed by atoms with Crippen molar-refractivity contribution < 1.29 is 9.32 Å². The van der Waals surface area contributed by atoms with Gasteiger partial charge in [-0.3, -0.25) is 9.69 Å². The summed E-state index contributed by atoms with van der Waals surface area (Å²) in [7, 11) is 1.67. The Hall–Kier alpha value is -1.32. The molecule has 0 aromatic carbocycles. The van der Waals surface area contributed by atoms with Crippen LogP contribution in [0.5, 0.6) is 0 Å². The molecular formula is C10H16N2O2. The van der Waals surface area contributed by atoms with Crippen LogP contribution in [0.3, 0.4) is 0 Å². The monoisotopic (exact) mass is 196 g/mol. The predicted octanol–water partition coefficient (Wildman–Crippen LogP) is 1.95. The van der Waals surface area contributed by atoms with Gasteiger partial charge in [-0.15, -0.1) is 0 Å². The highest BCUT2D eigenvalue weighted by Crippen LogP contribution is 2.25.